The number of alkyl halides is 3. The number of anilines is 1. The highest BCUT2D eigenvalue weighted by Gasteiger charge is 2.34. The minimum Gasteiger partial charge on any atom is -0.493 e. The maximum Gasteiger partial charge on any atom is 0.417 e. The van der Waals surface area contributed by atoms with Gasteiger partial charge in [0.1, 0.15) is 5.75 Å². The third-order valence-corrected chi connectivity index (χ3v) is 8.84. The lowest BCUT2D eigenvalue weighted by molar-refractivity contribution is -0.137. The molecular formula is C33H34ClF3N2O3S. The molecule has 0 bridgehead atoms. The van der Waals surface area contributed by atoms with Gasteiger partial charge in [-0.15, -0.1) is 0 Å². The Morgan fingerprint density at radius 3 is 2.05 bits per heavy atom. The van der Waals surface area contributed by atoms with Gasteiger partial charge in [-0.1, -0.05) is 90.5 Å². The van der Waals surface area contributed by atoms with Crippen molar-refractivity contribution >= 4 is 27.3 Å². The number of hydrogen-bond acceptors (Lipinski definition) is 4. The third-order valence-electron chi connectivity index (χ3n) is 7.19. The summed E-state index contributed by atoms with van der Waals surface area (Å²) in [5.74, 6) is 0.489. The van der Waals surface area contributed by atoms with E-state index in [9.17, 15) is 21.6 Å². The highest BCUT2D eigenvalue weighted by atomic mass is 35.5. The lowest BCUT2D eigenvalue weighted by Gasteiger charge is -2.29. The second-order valence-corrected chi connectivity index (χ2v) is 12.7. The van der Waals surface area contributed by atoms with Gasteiger partial charge < -0.3 is 4.74 Å². The summed E-state index contributed by atoms with van der Waals surface area (Å²) in [6.45, 7) is 1.59. The van der Waals surface area contributed by atoms with Crippen LogP contribution in [0.1, 0.15) is 34.6 Å². The number of ether oxygens (including phenoxy) is 1. The summed E-state index contributed by atoms with van der Waals surface area (Å²) in [5, 5.41) is -0.293. The molecule has 5 nitrogen and oxygen atoms in total. The molecule has 0 atom stereocenters. The quantitative estimate of drug-likeness (QED) is 0.141. The molecule has 0 saturated carbocycles. The topological polar surface area (TPSA) is 49.9 Å². The number of benzene rings is 4. The molecule has 0 fully saturated rings. The summed E-state index contributed by atoms with van der Waals surface area (Å²) in [5.41, 5.74) is 2.22. The Morgan fingerprint density at radius 2 is 1.47 bits per heavy atom. The average Bonchev–Trinajstić information content (AvgIpc) is 2.98. The van der Waals surface area contributed by atoms with Crippen molar-refractivity contribution in [2.45, 2.75) is 25.1 Å². The van der Waals surface area contributed by atoms with Crippen LogP contribution in [0.15, 0.2) is 103 Å². The number of sulfonamides is 1. The molecule has 0 aliphatic carbocycles. The zero-order valence-electron chi connectivity index (χ0n) is 24.0. The van der Waals surface area contributed by atoms with Crippen LogP contribution < -0.4 is 9.04 Å². The first kappa shape index (κ1) is 32.4. The molecule has 0 heterocycles. The fraction of sp³-hybridized carbons (Fsp3) is 0.273. The first-order valence-corrected chi connectivity index (χ1v) is 16.0. The second-order valence-electron chi connectivity index (χ2n) is 10.3. The molecule has 0 aliphatic heterocycles. The Labute approximate surface area is 256 Å². The number of nitrogens with zero attached hydrogens (tertiary/aromatic N) is 2. The lowest BCUT2D eigenvalue weighted by atomic mass is 9.90. The molecule has 4 aromatic carbocycles. The molecule has 0 spiro atoms. The zero-order valence-corrected chi connectivity index (χ0v) is 25.5. The highest BCUT2D eigenvalue weighted by molar-refractivity contribution is 7.92. The molecule has 0 N–H and O–H groups in total. The minimum absolute atomic E-state index is 0.0314. The van der Waals surface area contributed by atoms with Crippen LogP contribution in [0, 0.1) is 0 Å². The predicted molar refractivity (Wildman–Crippen MR) is 166 cm³/mol. The Kier molecular flexibility index (Phi) is 10.8. The summed E-state index contributed by atoms with van der Waals surface area (Å²) >= 11 is 6.30. The largest absolute Gasteiger partial charge is 0.493 e. The van der Waals surface area contributed by atoms with Crippen LogP contribution in [0.3, 0.4) is 0 Å². The molecule has 0 aliphatic rings. The van der Waals surface area contributed by atoms with Crippen LogP contribution in [0.5, 0.6) is 5.75 Å². The van der Waals surface area contributed by atoms with E-state index >= 15 is 0 Å². The van der Waals surface area contributed by atoms with Crippen molar-refractivity contribution < 1.29 is 26.3 Å². The van der Waals surface area contributed by atoms with Gasteiger partial charge in [0.2, 0.25) is 10.0 Å². The molecule has 4 aromatic rings. The summed E-state index contributed by atoms with van der Waals surface area (Å²) in [7, 11) is -1.95. The van der Waals surface area contributed by atoms with Crippen molar-refractivity contribution in [1.82, 2.24) is 4.90 Å². The van der Waals surface area contributed by atoms with Crippen molar-refractivity contribution in [3.05, 3.63) is 130 Å². The van der Waals surface area contributed by atoms with E-state index in [1.165, 1.54) is 17.4 Å². The third kappa shape index (κ3) is 8.98. The molecule has 0 unspecified atom stereocenters. The number of halogens is 4. The lowest BCUT2D eigenvalue weighted by Crippen LogP contribution is -2.31. The van der Waals surface area contributed by atoms with Crippen LogP contribution in [0.4, 0.5) is 18.9 Å². The van der Waals surface area contributed by atoms with E-state index in [1.54, 1.807) is 30.3 Å². The van der Waals surface area contributed by atoms with Gasteiger partial charge in [0.25, 0.3) is 0 Å². The Bertz CT molecular complexity index is 1550. The fourth-order valence-electron chi connectivity index (χ4n) is 4.87. The van der Waals surface area contributed by atoms with E-state index in [4.69, 9.17) is 16.3 Å². The van der Waals surface area contributed by atoms with E-state index in [1.807, 2.05) is 36.4 Å². The summed E-state index contributed by atoms with van der Waals surface area (Å²) < 4.78 is 71.8. The molecule has 43 heavy (non-hydrogen) atoms. The first-order chi connectivity index (χ1) is 20.4. The minimum atomic E-state index is -4.55. The molecule has 10 heteroatoms. The molecule has 0 aromatic heterocycles. The van der Waals surface area contributed by atoms with Crippen LogP contribution >= 0.6 is 11.6 Å². The first-order valence-electron chi connectivity index (χ1n) is 13.8. The van der Waals surface area contributed by atoms with E-state index < -0.39 is 21.8 Å². The van der Waals surface area contributed by atoms with Gasteiger partial charge in [-0.25, -0.2) is 8.42 Å². The van der Waals surface area contributed by atoms with Crippen molar-refractivity contribution in [2.75, 3.05) is 37.3 Å². The van der Waals surface area contributed by atoms with E-state index in [-0.39, 0.29) is 17.5 Å². The molecule has 0 saturated heterocycles. The van der Waals surface area contributed by atoms with Gasteiger partial charge in [0.05, 0.1) is 29.1 Å². The smallest absolute Gasteiger partial charge is 0.417 e. The van der Waals surface area contributed by atoms with Crippen molar-refractivity contribution in [2.24, 2.45) is 0 Å². The Hall–Kier alpha value is -3.53. The van der Waals surface area contributed by atoms with Gasteiger partial charge in [0.15, 0.2) is 0 Å². The van der Waals surface area contributed by atoms with Gasteiger partial charge >= 0.3 is 6.18 Å². The Morgan fingerprint density at radius 1 is 0.860 bits per heavy atom. The maximum atomic E-state index is 13.6. The monoisotopic (exact) mass is 630 g/mol. The van der Waals surface area contributed by atoms with Crippen molar-refractivity contribution in [3.63, 3.8) is 0 Å². The van der Waals surface area contributed by atoms with Gasteiger partial charge in [-0.3, -0.25) is 9.21 Å². The summed E-state index contributed by atoms with van der Waals surface area (Å²) in [4.78, 5) is 2.10. The Balaban J connectivity index is 1.55. The van der Waals surface area contributed by atoms with Gasteiger partial charge in [0, 0.05) is 38.7 Å². The van der Waals surface area contributed by atoms with Gasteiger partial charge in [-0.05, 0) is 41.3 Å². The predicted octanol–water partition coefficient (Wildman–Crippen LogP) is 7.86. The molecule has 228 valence electrons. The van der Waals surface area contributed by atoms with E-state index in [0.29, 0.717) is 43.1 Å². The number of hydrogen-bond donors (Lipinski definition) is 0. The SMILES string of the molecule is CN(c1cccc(OCCCN(Cc2cccc(C(F)(F)F)c2Cl)CC(c2ccccc2)c2ccccc2)c1)S(C)(=O)=O. The normalized spacial score (nSPS) is 12.1. The summed E-state index contributed by atoms with van der Waals surface area (Å²) in [6.07, 6.45) is -2.86. The van der Waals surface area contributed by atoms with Crippen molar-refractivity contribution in [1.29, 1.82) is 0 Å². The standard InChI is InChI=1S/C33H34ClF3N2O3S/c1-38(43(2,40)41)28-17-10-18-29(22-28)42-21-11-20-39(23-27-16-9-19-31(32(27)34)33(35,36)37)24-30(25-12-5-3-6-13-25)26-14-7-4-8-15-26/h3-10,12-19,22,30H,11,20-21,23-24H2,1-2H3. The average molecular weight is 631 g/mol. The highest BCUT2D eigenvalue weighted by Crippen LogP contribution is 2.37. The van der Waals surface area contributed by atoms with Crippen LogP contribution in [0.2, 0.25) is 5.02 Å². The zero-order chi connectivity index (χ0) is 31.0. The molecule has 4 rings (SSSR count). The molecule has 0 amide bonds. The van der Waals surface area contributed by atoms with Crippen molar-refractivity contribution in [3.8, 4) is 5.75 Å². The number of rotatable bonds is 13. The van der Waals surface area contributed by atoms with Crippen LogP contribution in [0.25, 0.3) is 0 Å². The molecular weight excluding hydrogens is 597 g/mol. The van der Waals surface area contributed by atoms with Gasteiger partial charge in [-0.2, -0.15) is 13.2 Å². The maximum absolute atomic E-state index is 13.6. The van der Waals surface area contributed by atoms with Crippen LogP contribution in [-0.4, -0.2) is 46.3 Å². The van der Waals surface area contributed by atoms with E-state index in [2.05, 4.69) is 29.2 Å². The van der Waals surface area contributed by atoms with E-state index in [0.717, 1.165) is 23.4 Å². The van der Waals surface area contributed by atoms with Crippen LogP contribution in [-0.2, 0) is 22.7 Å². The fourth-order valence-corrected chi connectivity index (χ4v) is 5.66. The summed E-state index contributed by atoms with van der Waals surface area (Å²) in [6, 6.07) is 30.8. The molecule has 0 radical (unpaired) electrons. The second kappa shape index (κ2) is 14.3.